The number of rotatable bonds is 3. The third-order valence-electron chi connectivity index (χ3n) is 1.92. The Hall–Kier alpha value is -1.73. The Morgan fingerprint density at radius 2 is 2.25 bits per heavy atom. The van der Waals surface area contributed by atoms with Crippen LogP contribution in [0.2, 0.25) is 5.02 Å². The van der Waals surface area contributed by atoms with Gasteiger partial charge in [-0.15, -0.1) is 0 Å². The van der Waals surface area contributed by atoms with Gasteiger partial charge in [0, 0.05) is 0 Å². The van der Waals surface area contributed by atoms with Crippen LogP contribution in [-0.4, -0.2) is 19.2 Å². The van der Waals surface area contributed by atoms with E-state index in [9.17, 15) is 4.79 Å². The fourth-order valence-corrected chi connectivity index (χ4v) is 1.32. The topological polar surface area (TPSA) is 59.3 Å². The maximum Gasteiger partial charge on any atom is 0.346 e. The van der Waals surface area contributed by atoms with E-state index in [0.717, 1.165) is 0 Å². The molecule has 0 aromatic heterocycles. The predicted molar refractivity (Wildman–Crippen MR) is 58.3 cm³/mol. The van der Waals surface area contributed by atoms with Crippen LogP contribution in [0.5, 0.6) is 5.75 Å². The molecule has 84 valence electrons. The predicted octanol–water partition coefficient (Wildman–Crippen LogP) is 2.15. The molecule has 0 fully saturated rings. The average Bonchev–Trinajstić information content (AvgIpc) is 2.28. The van der Waals surface area contributed by atoms with Crippen molar-refractivity contribution in [3.8, 4) is 11.8 Å². The first-order valence-corrected chi connectivity index (χ1v) is 4.91. The fraction of sp³-hybridized carbons (Fsp3) is 0.273. The van der Waals surface area contributed by atoms with Crippen molar-refractivity contribution in [1.29, 1.82) is 5.26 Å². The zero-order valence-electron chi connectivity index (χ0n) is 8.86. The van der Waals surface area contributed by atoms with Gasteiger partial charge in [0.25, 0.3) is 0 Å². The van der Waals surface area contributed by atoms with Gasteiger partial charge in [0.15, 0.2) is 6.10 Å². The number of benzene rings is 1. The van der Waals surface area contributed by atoms with Crippen LogP contribution in [0.1, 0.15) is 12.5 Å². The van der Waals surface area contributed by atoms with Crippen molar-refractivity contribution >= 4 is 17.6 Å². The van der Waals surface area contributed by atoms with Crippen molar-refractivity contribution in [3.63, 3.8) is 0 Å². The second-order valence-corrected chi connectivity index (χ2v) is 3.42. The molecule has 0 saturated carbocycles. The standard InChI is InChI=1S/C11H10ClNO3/c1-7(11(14)15-2)16-10-5-3-4-9(12)8(10)6-13/h3-5,7H,1-2H3/t7-/m1/s1. The number of nitriles is 1. The van der Waals surface area contributed by atoms with Gasteiger partial charge in [-0.1, -0.05) is 17.7 Å². The minimum absolute atomic E-state index is 0.208. The largest absolute Gasteiger partial charge is 0.478 e. The molecule has 1 aromatic rings. The molecule has 0 aliphatic rings. The molecule has 0 spiro atoms. The zero-order chi connectivity index (χ0) is 12.1. The third-order valence-corrected chi connectivity index (χ3v) is 2.24. The van der Waals surface area contributed by atoms with E-state index < -0.39 is 12.1 Å². The van der Waals surface area contributed by atoms with Gasteiger partial charge in [-0.05, 0) is 19.1 Å². The molecule has 16 heavy (non-hydrogen) atoms. The van der Waals surface area contributed by atoms with Gasteiger partial charge < -0.3 is 9.47 Å². The highest BCUT2D eigenvalue weighted by Crippen LogP contribution is 2.26. The van der Waals surface area contributed by atoms with Gasteiger partial charge in [0.2, 0.25) is 0 Å². The molecule has 0 heterocycles. The minimum atomic E-state index is -0.782. The Morgan fingerprint density at radius 1 is 1.56 bits per heavy atom. The molecule has 0 N–H and O–H groups in total. The number of esters is 1. The number of methoxy groups -OCH3 is 1. The van der Waals surface area contributed by atoms with Crippen LogP contribution in [0.3, 0.4) is 0 Å². The molecule has 4 nitrogen and oxygen atoms in total. The van der Waals surface area contributed by atoms with Crippen molar-refractivity contribution in [2.24, 2.45) is 0 Å². The summed E-state index contributed by atoms with van der Waals surface area (Å²) in [5.41, 5.74) is 0.208. The summed E-state index contributed by atoms with van der Waals surface area (Å²) in [5, 5.41) is 9.17. The molecule has 5 heteroatoms. The van der Waals surface area contributed by atoms with E-state index in [2.05, 4.69) is 4.74 Å². The van der Waals surface area contributed by atoms with Crippen LogP contribution in [-0.2, 0) is 9.53 Å². The van der Waals surface area contributed by atoms with E-state index in [4.69, 9.17) is 21.6 Å². The van der Waals surface area contributed by atoms with E-state index in [1.54, 1.807) is 18.2 Å². The molecule has 0 radical (unpaired) electrons. The number of halogens is 1. The van der Waals surface area contributed by atoms with Crippen LogP contribution >= 0.6 is 11.6 Å². The number of carbonyl (C=O) groups is 1. The highest BCUT2D eigenvalue weighted by Gasteiger charge is 2.17. The second kappa shape index (κ2) is 5.38. The Kier molecular flexibility index (Phi) is 4.15. The fourth-order valence-electron chi connectivity index (χ4n) is 1.12. The molecular weight excluding hydrogens is 230 g/mol. The summed E-state index contributed by atoms with van der Waals surface area (Å²) in [6.07, 6.45) is -0.782. The van der Waals surface area contributed by atoms with Gasteiger partial charge in [-0.3, -0.25) is 0 Å². The van der Waals surface area contributed by atoms with Crippen LogP contribution in [0.4, 0.5) is 0 Å². The number of ether oxygens (including phenoxy) is 2. The summed E-state index contributed by atoms with van der Waals surface area (Å²) in [6.45, 7) is 1.54. The quantitative estimate of drug-likeness (QED) is 0.759. The van der Waals surface area contributed by atoms with Gasteiger partial charge in [0.05, 0.1) is 12.1 Å². The maximum atomic E-state index is 11.1. The van der Waals surface area contributed by atoms with E-state index in [1.807, 2.05) is 6.07 Å². The van der Waals surface area contributed by atoms with Crippen molar-refractivity contribution in [1.82, 2.24) is 0 Å². The van der Waals surface area contributed by atoms with Crippen LogP contribution in [0.15, 0.2) is 18.2 Å². The number of hydrogen-bond donors (Lipinski definition) is 0. The smallest absolute Gasteiger partial charge is 0.346 e. The van der Waals surface area contributed by atoms with Gasteiger partial charge in [-0.2, -0.15) is 5.26 Å². The van der Waals surface area contributed by atoms with Crippen LogP contribution in [0.25, 0.3) is 0 Å². The monoisotopic (exact) mass is 239 g/mol. The molecule has 0 bridgehead atoms. The zero-order valence-corrected chi connectivity index (χ0v) is 9.62. The van der Waals surface area contributed by atoms with Gasteiger partial charge in [-0.25, -0.2) is 4.79 Å². The molecule has 0 saturated heterocycles. The highest BCUT2D eigenvalue weighted by molar-refractivity contribution is 6.31. The third kappa shape index (κ3) is 2.65. The van der Waals surface area contributed by atoms with Gasteiger partial charge >= 0.3 is 5.97 Å². The Morgan fingerprint density at radius 3 is 2.81 bits per heavy atom. The molecule has 0 aliphatic carbocycles. The molecule has 0 amide bonds. The van der Waals surface area contributed by atoms with Crippen molar-refractivity contribution in [3.05, 3.63) is 28.8 Å². The molecular formula is C11H10ClNO3. The first-order valence-electron chi connectivity index (χ1n) is 4.53. The Balaban J connectivity index is 2.94. The molecule has 0 aliphatic heterocycles. The SMILES string of the molecule is COC(=O)[C@@H](C)Oc1cccc(Cl)c1C#N. The normalized spacial score (nSPS) is 11.4. The lowest BCUT2D eigenvalue weighted by Crippen LogP contribution is -2.25. The maximum absolute atomic E-state index is 11.1. The van der Waals surface area contributed by atoms with E-state index in [-0.39, 0.29) is 16.3 Å². The summed E-state index contributed by atoms with van der Waals surface area (Å²) in [7, 11) is 1.27. The van der Waals surface area contributed by atoms with Crippen molar-refractivity contribution < 1.29 is 14.3 Å². The number of carbonyl (C=O) groups excluding carboxylic acids is 1. The lowest BCUT2D eigenvalue weighted by atomic mass is 10.2. The molecule has 1 rings (SSSR count). The van der Waals surface area contributed by atoms with E-state index in [1.165, 1.54) is 14.0 Å². The second-order valence-electron chi connectivity index (χ2n) is 3.01. The van der Waals surface area contributed by atoms with E-state index in [0.29, 0.717) is 0 Å². The summed E-state index contributed by atoms with van der Waals surface area (Å²) in [4.78, 5) is 11.1. The number of hydrogen-bond acceptors (Lipinski definition) is 4. The first-order chi connectivity index (χ1) is 7.60. The Bertz CT molecular complexity index is 439. The highest BCUT2D eigenvalue weighted by atomic mass is 35.5. The number of nitrogens with zero attached hydrogens (tertiary/aromatic N) is 1. The van der Waals surface area contributed by atoms with Crippen LogP contribution < -0.4 is 4.74 Å². The van der Waals surface area contributed by atoms with Gasteiger partial charge in [0.1, 0.15) is 17.4 Å². The summed E-state index contributed by atoms with van der Waals surface area (Å²) < 4.78 is 9.80. The van der Waals surface area contributed by atoms with Crippen LogP contribution in [0, 0.1) is 11.3 Å². The summed E-state index contributed by atoms with van der Waals surface area (Å²) in [6, 6.07) is 6.71. The summed E-state index contributed by atoms with van der Waals surface area (Å²) in [5.74, 6) is -0.239. The minimum Gasteiger partial charge on any atom is -0.478 e. The van der Waals surface area contributed by atoms with E-state index >= 15 is 0 Å². The lowest BCUT2D eigenvalue weighted by Gasteiger charge is -2.13. The molecule has 1 aromatic carbocycles. The van der Waals surface area contributed by atoms with Crippen molar-refractivity contribution in [2.75, 3.05) is 7.11 Å². The summed E-state index contributed by atoms with van der Waals surface area (Å²) >= 11 is 5.81. The molecule has 1 atom stereocenters. The van der Waals surface area contributed by atoms with Crippen molar-refractivity contribution in [2.45, 2.75) is 13.0 Å². The average molecular weight is 240 g/mol. The Labute approximate surface area is 98.3 Å². The first kappa shape index (κ1) is 12.3. The molecule has 0 unspecified atom stereocenters. The lowest BCUT2D eigenvalue weighted by molar-refractivity contribution is -0.147.